The van der Waals surface area contributed by atoms with E-state index in [4.69, 9.17) is 4.74 Å². The van der Waals surface area contributed by atoms with E-state index >= 15 is 0 Å². The van der Waals surface area contributed by atoms with Gasteiger partial charge in [0.2, 0.25) is 5.91 Å². The van der Waals surface area contributed by atoms with Crippen molar-refractivity contribution in [2.75, 3.05) is 6.54 Å². The van der Waals surface area contributed by atoms with Gasteiger partial charge < -0.3 is 10.1 Å². The maximum absolute atomic E-state index is 14.2. The van der Waals surface area contributed by atoms with Crippen LogP contribution in [0, 0.1) is 23.3 Å². The number of ketones is 1. The summed E-state index contributed by atoms with van der Waals surface area (Å²) in [7, 11) is 0. The topological polar surface area (TPSA) is 55.4 Å². The minimum Gasteiger partial charge on any atom is -0.487 e. The van der Waals surface area contributed by atoms with Gasteiger partial charge in [-0.15, -0.1) is 11.3 Å². The number of halogens is 4. The summed E-state index contributed by atoms with van der Waals surface area (Å²) in [6.07, 6.45) is -0.879. The van der Waals surface area contributed by atoms with E-state index in [0.717, 1.165) is 6.07 Å². The molecular formula is C23H17F4NO3S. The minimum absolute atomic E-state index is 0.0102. The van der Waals surface area contributed by atoms with Crippen LogP contribution in [-0.4, -0.2) is 24.3 Å². The summed E-state index contributed by atoms with van der Waals surface area (Å²) < 4.78 is 60.9. The first-order valence-electron chi connectivity index (χ1n) is 9.72. The van der Waals surface area contributed by atoms with Crippen molar-refractivity contribution in [3.8, 4) is 16.2 Å². The number of fused-ring (bicyclic) bond motifs is 1. The first-order chi connectivity index (χ1) is 15.2. The molecule has 0 fully saturated rings. The molecule has 1 atom stereocenters. The number of nitrogens with one attached hydrogen (secondary N) is 1. The molecule has 1 aromatic heterocycles. The Bertz CT molecular complexity index is 1220. The molecule has 2 aromatic carbocycles. The molecule has 0 saturated carbocycles. The molecule has 166 valence electrons. The van der Waals surface area contributed by atoms with Crippen molar-refractivity contribution >= 4 is 23.0 Å². The second kappa shape index (κ2) is 8.74. The van der Waals surface area contributed by atoms with Crippen LogP contribution in [0.25, 0.3) is 10.4 Å². The highest BCUT2D eigenvalue weighted by atomic mass is 32.1. The third-order valence-corrected chi connectivity index (χ3v) is 6.30. The molecule has 0 aliphatic carbocycles. The van der Waals surface area contributed by atoms with Gasteiger partial charge in [0.25, 0.3) is 0 Å². The highest BCUT2D eigenvalue weighted by Crippen LogP contribution is 2.42. The van der Waals surface area contributed by atoms with Crippen LogP contribution in [0.3, 0.4) is 0 Å². The summed E-state index contributed by atoms with van der Waals surface area (Å²) >= 11 is 1.23. The number of carbonyl (C=O) groups is 2. The lowest BCUT2D eigenvalue weighted by Gasteiger charge is -2.13. The Labute approximate surface area is 184 Å². The first kappa shape index (κ1) is 22.0. The number of benzene rings is 2. The Morgan fingerprint density at radius 3 is 2.56 bits per heavy atom. The lowest BCUT2D eigenvalue weighted by atomic mass is 10.0. The van der Waals surface area contributed by atoms with Crippen molar-refractivity contribution in [2.45, 2.75) is 25.9 Å². The average molecular weight is 463 g/mol. The van der Waals surface area contributed by atoms with E-state index in [1.165, 1.54) is 30.4 Å². The summed E-state index contributed by atoms with van der Waals surface area (Å²) in [5.41, 5.74) is 0.468. The monoisotopic (exact) mass is 463 g/mol. The lowest BCUT2D eigenvalue weighted by Crippen LogP contribution is -2.35. The maximum atomic E-state index is 14.2. The van der Waals surface area contributed by atoms with Crippen LogP contribution < -0.4 is 10.1 Å². The van der Waals surface area contributed by atoms with E-state index in [1.54, 1.807) is 12.1 Å². The lowest BCUT2D eigenvalue weighted by molar-refractivity contribution is -0.120. The van der Waals surface area contributed by atoms with Gasteiger partial charge in [0, 0.05) is 28.0 Å². The second-order valence-electron chi connectivity index (χ2n) is 7.41. The summed E-state index contributed by atoms with van der Waals surface area (Å²) in [6.45, 7) is 1.46. The van der Waals surface area contributed by atoms with Crippen LogP contribution >= 0.6 is 11.3 Å². The van der Waals surface area contributed by atoms with Gasteiger partial charge in [-0.3, -0.25) is 9.59 Å². The molecule has 0 saturated heterocycles. The predicted molar refractivity (Wildman–Crippen MR) is 111 cm³/mol. The van der Waals surface area contributed by atoms with E-state index in [9.17, 15) is 27.2 Å². The van der Waals surface area contributed by atoms with Crippen molar-refractivity contribution in [3.05, 3.63) is 75.7 Å². The number of hydrogen-bond donors (Lipinski definition) is 1. The van der Waals surface area contributed by atoms with E-state index in [2.05, 4.69) is 5.32 Å². The Kier molecular flexibility index (Phi) is 6.01. The van der Waals surface area contributed by atoms with E-state index in [1.807, 2.05) is 0 Å². The zero-order valence-electron chi connectivity index (χ0n) is 16.8. The summed E-state index contributed by atoms with van der Waals surface area (Å²) in [4.78, 5) is 24.9. The molecule has 0 unspecified atom stereocenters. The smallest absolute Gasteiger partial charge is 0.224 e. The third kappa shape index (κ3) is 4.38. The molecule has 0 spiro atoms. The first-order valence-corrected chi connectivity index (χ1v) is 10.5. The van der Waals surface area contributed by atoms with Crippen LogP contribution in [0.1, 0.15) is 27.7 Å². The Morgan fingerprint density at radius 1 is 1.09 bits per heavy atom. The van der Waals surface area contributed by atoms with Gasteiger partial charge in [-0.2, -0.15) is 0 Å². The average Bonchev–Trinajstić information content (AvgIpc) is 3.39. The van der Waals surface area contributed by atoms with Crippen LogP contribution in [0.4, 0.5) is 17.6 Å². The number of rotatable bonds is 6. The standard InChI is InChI=1S/C23H17F4NO3S/c1-11(29)19-4-5-20(32-19)16-8-13(24)6-12-7-14(31-23(12)16)10-28-21(30)9-15-17(25)2-3-18(26)22(15)27/h2-6,8,14H,7,9-10H2,1H3,(H,28,30)/t14-/m1/s1. The molecule has 2 heterocycles. The SMILES string of the molecule is CC(=O)c1ccc(-c2cc(F)cc3c2O[C@@H](CNC(=O)Cc2c(F)ccc(F)c2F)C3)s1. The van der Waals surface area contributed by atoms with Crippen LogP contribution in [-0.2, 0) is 17.6 Å². The number of ether oxygens (including phenoxy) is 1. The van der Waals surface area contributed by atoms with Gasteiger partial charge in [0.15, 0.2) is 17.4 Å². The fourth-order valence-corrected chi connectivity index (χ4v) is 4.46. The third-order valence-electron chi connectivity index (χ3n) is 5.08. The van der Waals surface area contributed by atoms with E-state index < -0.39 is 47.3 Å². The number of hydrogen-bond acceptors (Lipinski definition) is 4. The van der Waals surface area contributed by atoms with Crippen molar-refractivity contribution in [3.63, 3.8) is 0 Å². The molecule has 1 N–H and O–H groups in total. The molecular weight excluding hydrogens is 446 g/mol. The van der Waals surface area contributed by atoms with Crippen molar-refractivity contribution < 1.29 is 31.9 Å². The number of amides is 1. The quantitative estimate of drug-likeness (QED) is 0.324. The van der Waals surface area contributed by atoms with Crippen LogP contribution in [0.15, 0.2) is 36.4 Å². The molecule has 0 bridgehead atoms. The molecule has 1 aliphatic rings. The molecule has 1 aliphatic heterocycles. The molecule has 3 aromatic rings. The molecule has 9 heteroatoms. The van der Waals surface area contributed by atoms with Crippen LogP contribution in [0.5, 0.6) is 5.75 Å². The second-order valence-corrected chi connectivity index (χ2v) is 8.49. The maximum Gasteiger partial charge on any atom is 0.224 e. The van der Waals surface area contributed by atoms with Crippen LogP contribution in [0.2, 0.25) is 0 Å². The van der Waals surface area contributed by atoms with Crippen molar-refractivity contribution in [1.82, 2.24) is 5.32 Å². The normalized spacial score (nSPS) is 14.7. The van der Waals surface area contributed by atoms with Gasteiger partial charge in [0.05, 0.1) is 17.8 Å². The Balaban J connectivity index is 1.45. The zero-order chi connectivity index (χ0) is 23.0. The van der Waals surface area contributed by atoms with E-state index in [0.29, 0.717) is 39.1 Å². The minimum atomic E-state index is -1.40. The molecule has 32 heavy (non-hydrogen) atoms. The molecule has 4 nitrogen and oxygen atoms in total. The Hall–Kier alpha value is -3.20. The molecule has 4 rings (SSSR count). The van der Waals surface area contributed by atoms with Gasteiger partial charge in [-0.05, 0) is 43.3 Å². The van der Waals surface area contributed by atoms with Gasteiger partial charge >= 0.3 is 0 Å². The summed E-state index contributed by atoms with van der Waals surface area (Å²) in [5, 5.41) is 2.52. The predicted octanol–water partition coefficient (Wildman–Crippen LogP) is 4.84. The van der Waals surface area contributed by atoms with Gasteiger partial charge in [0.1, 0.15) is 23.5 Å². The zero-order valence-corrected chi connectivity index (χ0v) is 17.6. The summed E-state index contributed by atoms with van der Waals surface area (Å²) in [5.74, 6) is -4.44. The fraction of sp³-hybridized carbons (Fsp3) is 0.217. The molecule has 1 amide bonds. The number of carbonyl (C=O) groups excluding carboxylic acids is 2. The van der Waals surface area contributed by atoms with Gasteiger partial charge in [-0.25, -0.2) is 17.6 Å². The summed E-state index contributed by atoms with van der Waals surface area (Å²) in [6, 6.07) is 7.46. The largest absolute Gasteiger partial charge is 0.487 e. The van der Waals surface area contributed by atoms with Crippen molar-refractivity contribution in [1.29, 1.82) is 0 Å². The van der Waals surface area contributed by atoms with E-state index in [-0.39, 0.29) is 12.3 Å². The van der Waals surface area contributed by atoms with Gasteiger partial charge in [-0.1, -0.05) is 0 Å². The fourth-order valence-electron chi connectivity index (χ4n) is 3.55. The Morgan fingerprint density at radius 2 is 1.84 bits per heavy atom. The number of Topliss-reactive ketones (excluding diaryl/α,β-unsaturated/α-hetero) is 1. The highest BCUT2D eigenvalue weighted by Gasteiger charge is 2.28. The van der Waals surface area contributed by atoms with Crippen molar-refractivity contribution in [2.24, 2.45) is 0 Å². The molecule has 0 radical (unpaired) electrons. The highest BCUT2D eigenvalue weighted by molar-refractivity contribution is 7.17. The number of thiophene rings is 1.